The monoisotopic (exact) mass is 326 g/mol. The summed E-state index contributed by atoms with van der Waals surface area (Å²) in [6.45, 7) is 0.584. The maximum atomic E-state index is 11.7. The molecule has 1 unspecified atom stereocenters. The van der Waals surface area contributed by atoms with Gasteiger partial charge in [0.25, 0.3) is 0 Å². The second-order valence-electron chi connectivity index (χ2n) is 5.61. The molecule has 0 saturated carbocycles. The second kappa shape index (κ2) is 9.58. The molecular formula is C16H26N2O3S. The molecule has 1 aromatic carbocycles. The summed E-state index contributed by atoms with van der Waals surface area (Å²) in [6, 6.07) is 9.55. The Labute approximate surface area is 133 Å². The van der Waals surface area contributed by atoms with Gasteiger partial charge in [0.2, 0.25) is 5.91 Å². The molecular weight excluding hydrogens is 300 g/mol. The van der Waals surface area contributed by atoms with Crippen LogP contribution in [0.15, 0.2) is 30.3 Å². The summed E-state index contributed by atoms with van der Waals surface area (Å²) in [5.41, 5.74) is 6.99. The van der Waals surface area contributed by atoms with E-state index in [0.29, 0.717) is 6.54 Å². The number of benzene rings is 1. The van der Waals surface area contributed by atoms with Gasteiger partial charge in [0, 0.05) is 12.8 Å². The van der Waals surface area contributed by atoms with Crippen LogP contribution >= 0.6 is 0 Å². The molecule has 0 fully saturated rings. The Hall–Kier alpha value is -1.40. The highest BCUT2D eigenvalue weighted by Gasteiger charge is 2.15. The first-order valence-corrected chi connectivity index (χ1v) is 9.69. The summed E-state index contributed by atoms with van der Waals surface area (Å²) in [7, 11) is -3.07. The van der Waals surface area contributed by atoms with Crippen molar-refractivity contribution in [3.63, 3.8) is 0 Å². The minimum absolute atomic E-state index is 0.0569. The van der Waals surface area contributed by atoms with Gasteiger partial charge in [-0.3, -0.25) is 4.79 Å². The predicted molar refractivity (Wildman–Crippen MR) is 89.3 cm³/mol. The number of carbonyl (C=O) groups excluding carboxylic acids is 1. The molecule has 0 saturated heterocycles. The van der Waals surface area contributed by atoms with Crippen LogP contribution in [0.4, 0.5) is 0 Å². The normalized spacial score (nSPS) is 12.8. The van der Waals surface area contributed by atoms with Crippen molar-refractivity contribution in [3.8, 4) is 0 Å². The molecule has 0 radical (unpaired) electrons. The molecule has 22 heavy (non-hydrogen) atoms. The Morgan fingerprint density at radius 2 is 1.86 bits per heavy atom. The van der Waals surface area contributed by atoms with Crippen molar-refractivity contribution in [2.75, 3.05) is 18.6 Å². The van der Waals surface area contributed by atoms with Crippen LogP contribution < -0.4 is 11.1 Å². The highest BCUT2D eigenvalue weighted by atomic mass is 32.2. The summed E-state index contributed by atoms with van der Waals surface area (Å²) in [6.07, 6.45) is 5.37. The second-order valence-corrected chi connectivity index (χ2v) is 7.87. The summed E-state index contributed by atoms with van der Waals surface area (Å²) in [5, 5.41) is 2.76. The fourth-order valence-corrected chi connectivity index (χ4v) is 2.77. The summed E-state index contributed by atoms with van der Waals surface area (Å²) >= 11 is 0. The lowest BCUT2D eigenvalue weighted by Gasteiger charge is -2.11. The molecule has 0 spiro atoms. The third-order valence-electron chi connectivity index (χ3n) is 3.42. The van der Waals surface area contributed by atoms with E-state index in [9.17, 15) is 13.2 Å². The minimum Gasteiger partial charge on any atom is -0.355 e. The molecule has 0 aliphatic heterocycles. The summed E-state index contributed by atoms with van der Waals surface area (Å²) < 4.78 is 22.0. The van der Waals surface area contributed by atoms with Crippen LogP contribution in [0, 0.1) is 0 Å². The molecule has 0 aliphatic carbocycles. The van der Waals surface area contributed by atoms with E-state index in [1.165, 1.54) is 5.56 Å². The molecule has 1 rings (SSSR count). The molecule has 1 amide bonds. The van der Waals surface area contributed by atoms with Gasteiger partial charge in [0.15, 0.2) is 0 Å². The van der Waals surface area contributed by atoms with Crippen LogP contribution in [0.25, 0.3) is 0 Å². The zero-order valence-electron chi connectivity index (χ0n) is 13.1. The van der Waals surface area contributed by atoms with Crippen LogP contribution in [-0.4, -0.2) is 38.9 Å². The lowest BCUT2D eigenvalue weighted by molar-refractivity contribution is -0.122. The predicted octanol–water partition coefficient (Wildman–Crippen LogP) is 1.28. The average Bonchev–Trinajstić information content (AvgIpc) is 2.48. The fourth-order valence-electron chi connectivity index (χ4n) is 2.09. The number of nitrogens with two attached hydrogens (primary N) is 1. The Bertz CT molecular complexity index is 544. The van der Waals surface area contributed by atoms with E-state index in [1.54, 1.807) is 0 Å². The zero-order valence-corrected chi connectivity index (χ0v) is 13.9. The van der Waals surface area contributed by atoms with Crippen molar-refractivity contribution < 1.29 is 13.2 Å². The van der Waals surface area contributed by atoms with Gasteiger partial charge in [0.1, 0.15) is 9.84 Å². The minimum atomic E-state index is -3.07. The SMILES string of the molecule is CS(=O)(=O)CCC(N)C(=O)NCCCCCc1ccccc1. The number of amides is 1. The average molecular weight is 326 g/mol. The smallest absolute Gasteiger partial charge is 0.236 e. The summed E-state index contributed by atoms with van der Waals surface area (Å²) in [5.74, 6) is -0.328. The molecule has 0 bridgehead atoms. The molecule has 0 aromatic heterocycles. The van der Waals surface area contributed by atoms with Gasteiger partial charge in [-0.05, 0) is 31.2 Å². The zero-order chi connectivity index (χ0) is 16.4. The Morgan fingerprint density at radius 1 is 1.18 bits per heavy atom. The van der Waals surface area contributed by atoms with Gasteiger partial charge in [-0.2, -0.15) is 0 Å². The molecule has 124 valence electrons. The number of carbonyl (C=O) groups is 1. The van der Waals surface area contributed by atoms with E-state index in [-0.39, 0.29) is 18.1 Å². The standard InChI is InChI=1S/C16H26N2O3S/c1-22(20,21)13-11-15(17)16(19)18-12-7-3-6-10-14-8-4-2-5-9-14/h2,4-5,8-9,15H,3,6-7,10-13,17H2,1H3,(H,18,19). The van der Waals surface area contributed by atoms with Crippen molar-refractivity contribution in [1.82, 2.24) is 5.32 Å². The topological polar surface area (TPSA) is 89.3 Å². The van der Waals surface area contributed by atoms with Crippen LogP contribution in [0.1, 0.15) is 31.2 Å². The number of rotatable bonds is 10. The fraction of sp³-hybridized carbons (Fsp3) is 0.562. The van der Waals surface area contributed by atoms with Crippen LogP contribution in [0.3, 0.4) is 0 Å². The number of sulfone groups is 1. The van der Waals surface area contributed by atoms with E-state index in [1.807, 2.05) is 18.2 Å². The van der Waals surface area contributed by atoms with E-state index < -0.39 is 15.9 Å². The maximum Gasteiger partial charge on any atom is 0.236 e. The first-order valence-electron chi connectivity index (χ1n) is 7.63. The van der Waals surface area contributed by atoms with Gasteiger partial charge in [-0.1, -0.05) is 36.8 Å². The van der Waals surface area contributed by atoms with Crippen molar-refractivity contribution in [2.24, 2.45) is 5.73 Å². The molecule has 0 heterocycles. The molecule has 1 aromatic rings. The number of aryl methyl sites for hydroxylation is 1. The van der Waals surface area contributed by atoms with Crippen LogP contribution in [0.5, 0.6) is 0 Å². The van der Waals surface area contributed by atoms with Gasteiger partial charge < -0.3 is 11.1 Å². The number of hydrogen-bond donors (Lipinski definition) is 2. The van der Waals surface area contributed by atoms with Gasteiger partial charge >= 0.3 is 0 Å². The Morgan fingerprint density at radius 3 is 2.50 bits per heavy atom. The van der Waals surface area contributed by atoms with Crippen LogP contribution in [0.2, 0.25) is 0 Å². The summed E-state index contributed by atoms with van der Waals surface area (Å²) in [4.78, 5) is 11.7. The lowest BCUT2D eigenvalue weighted by atomic mass is 10.1. The van der Waals surface area contributed by atoms with E-state index in [4.69, 9.17) is 5.73 Å². The van der Waals surface area contributed by atoms with E-state index in [0.717, 1.165) is 31.9 Å². The highest BCUT2D eigenvalue weighted by Crippen LogP contribution is 2.05. The lowest BCUT2D eigenvalue weighted by Crippen LogP contribution is -2.41. The quantitative estimate of drug-likeness (QED) is 0.634. The molecule has 3 N–H and O–H groups in total. The van der Waals surface area contributed by atoms with E-state index in [2.05, 4.69) is 17.4 Å². The van der Waals surface area contributed by atoms with Crippen molar-refractivity contribution >= 4 is 15.7 Å². The Balaban J connectivity index is 2.07. The molecule has 5 nitrogen and oxygen atoms in total. The first-order chi connectivity index (χ1) is 10.4. The van der Waals surface area contributed by atoms with Crippen molar-refractivity contribution in [3.05, 3.63) is 35.9 Å². The first kappa shape index (κ1) is 18.6. The Kier molecular flexibility index (Phi) is 8.12. The number of nitrogens with one attached hydrogen (secondary N) is 1. The van der Waals surface area contributed by atoms with E-state index >= 15 is 0 Å². The largest absolute Gasteiger partial charge is 0.355 e. The number of hydrogen-bond acceptors (Lipinski definition) is 4. The van der Waals surface area contributed by atoms with Crippen molar-refractivity contribution in [1.29, 1.82) is 0 Å². The van der Waals surface area contributed by atoms with Crippen LogP contribution in [-0.2, 0) is 21.1 Å². The van der Waals surface area contributed by atoms with Gasteiger partial charge in [-0.25, -0.2) is 8.42 Å². The van der Waals surface area contributed by atoms with Gasteiger partial charge in [-0.15, -0.1) is 0 Å². The molecule has 0 aliphatic rings. The molecule has 6 heteroatoms. The number of unbranched alkanes of at least 4 members (excludes halogenated alkanes) is 2. The molecule has 1 atom stereocenters. The highest BCUT2D eigenvalue weighted by molar-refractivity contribution is 7.90. The third-order valence-corrected chi connectivity index (χ3v) is 4.40. The van der Waals surface area contributed by atoms with Gasteiger partial charge in [0.05, 0.1) is 11.8 Å². The van der Waals surface area contributed by atoms with Crippen molar-refractivity contribution in [2.45, 2.75) is 38.1 Å². The maximum absolute atomic E-state index is 11.7. The third kappa shape index (κ3) is 8.79.